The summed E-state index contributed by atoms with van der Waals surface area (Å²) >= 11 is 0. The molecule has 0 N–H and O–H groups in total. The van der Waals surface area contributed by atoms with Crippen LogP contribution in [0.2, 0.25) is 0 Å². The summed E-state index contributed by atoms with van der Waals surface area (Å²) in [5, 5.41) is 0. The van der Waals surface area contributed by atoms with Crippen molar-refractivity contribution in [2.24, 2.45) is 5.92 Å². The highest BCUT2D eigenvalue weighted by molar-refractivity contribution is 5.64. The van der Waals surface area contributed by atoms with Gasteiger partial charge in [-0.25, -0.2) is 0 Å². The van der Waals surface area contributed by atoms with Gasteiger partial charge in [0, 0.05) is 6.61 Å². The van der Waals surface area contributed by atoms with Crippen molar-refractivity contribution in [1.29, 1.82) is 0 Å². The van der Waals surface area contributed by atoms with E-state index in [0.717, 1.165) is 31.5 Å². The monoisotopic (exact) mass is 390 g/mol. The zero-order valence-electron chi connectivity index (χ0n) is 18.4. The first kappa shape index (κ1) is 21.8. The Morgan fingerprint density at radius 1 is 0.897 bits per heavy atom. The lowest BCUT2D eigenvalue weighted by atomic mass is 9.77. The third-order valence-electron chi connectivity index (χ3n) is 6.40. The van der Waals surface area contributed by atoms with Crippen molar-refractivity contribution in [3.8, 4) is 11.1 Å². The van der Waals surface area contributed by atoms with Crippen LogP contribution < -0.4 is 0 Å². The molecule has 0 unspecified atom stereocenters. The molecule has 1 fully saturated rings. The molecule has 29 heavy (non-hydrogen) atoms. The largest absolute Gasteiger partial charge is 0.377 e. The van der Waals surface area contributed by atoms with Crippen LogP contribution >= 0.6 is 0 Å². The molecule has 2 aromatic carbocycles. The molecule has 0 radical (unpaired) electrons. The Bertz CT molecular complexity index is 718. The molecule has 3 rings (SSSR count). The van der Waals surface area contributed by atoms with Gasteiger partial charge in [0.2, 0.25) is 0 Å². The average molecular weight is 391 g/mol. The summed E-state index contributed by atoms with van der Waals surface area (Å²) in [6, 6.07) is 18.2. The van der Waals surface area contributed by atoms with Crippen LogP contribution in [0.1, 0.15) is 82.3 Å². The van der Waals surface area contributed by atoms with Gasteiger partial charge in [0.05, 0.1) is 6.61 Å². The van der Waals surface area contributed by atoms with Crippen molar-refractivity contribution >= 4 is 0 Å². The van der Waals surface area contributed by atoms with E-state index in [9.17, 15) is 0 Å². The van der Waals surface area contributed by atoms with Gasteiger partial charge in [-0.1, -0.05) is 74.0 Å². The molecule has 0 bridgehead atoms. The fraction of sp³-hybridized carbons (Fsp3) is 0.500. The van der Waals surface area contributed by atoms with Crippen LogP contribution in [0.25, 0.3) is 11.1 Å². The molecule has 0 aliphatic heterocycles. The highest BCUT2D eigenvalue weighted by Gasteiger charge is 2.21. The number of unbranched alkanes of at least 4 members (excludes halogenated alkanes) is 1. The minimum absolute atomic E-state index is 0.719. The lowest BCUT2D eigenvalue weighted by molar-refractivity contribution is 0.118. The van der Waals surface area contributed by atoms with Gasteiger partial charge in [0.15, 0.2) is 0 Å². The van der Waals surface area contributed by atoms with Crippen molar-refractivity contribution < 1.29 is 4.74 Å². The maximum atomic E-state index is 5.72. The molecule has 1 nitrogen and oxygen atoms in total. The zero-order valence-corrected chi connectivity index (χ0v) is 18.4. The second-order valence-corrected chi connectivity index (χ2v) is 8.59. The number of hydrogen-bond donors (Lipinski definition) is 0. The van der Waals surface area contributed by atoms with Crippen LogP contribution in [0, 0.1) is 5.92 Å². The van der Waals surface area contributed by atoms with Crippen LogP contribution in [-0.2, 0) is 11.3 Å². The first-order valence-electron chi connectivity index (χ1n) is 11.7. The summed E-state index contributed by atoms with van der Waals surface area (Å²) in [5.41, 5.74) is 5.39. The molecule has 1 aliphatic rings. The number of hydrogen-bond acceptors (Lipinski definition) is 1. The minimum atomic E-state index is 0.719. The topological polar surface area (TPSA) is 9.23 Å². The Kier molecular flexibility index (Phi) is 9.02. The van der Waals surface area contributed by atoms with Gasteiger partial charge in [0.25, 0.3) is 0 Å². The number of ether oxygens (including phenoxy) is 1. The molecule has 156 valence electrons. The first-order valence-corrected chi connectivity index (χ1v) is 11.7. The predicted molar refractivity (Wildman–Crippen MR) is 125 cm³/mol. The molecule has 2 aromatic rings. The molecular formula is C28H38O. The Hall–Kier alpha value is -1.86. The van der Waals surface area contributed by atoms with Crippen LogP contribution in [0.3, 0.4) is 0 Å². The summed E-state index contributed by atoms with van der Waals surface area (Å²) < 4.78 is 5.72. The van der Waals surface area contributed by atoms with Crippen molar-refractivity contribution in [2.45, 2.75) is 77.7 Å². The van der Waals surface area contributed by atoms with Crippen LogP contribution in [0.5, 0.6) is 0 Å². The third kappa shape index (κ3) is 6.85. The minimum Gasteiger partial charge on any atom is -0.377 e. The van der Waals surface area contributed by atoms with E-state index in [-0.39, 0.29) is 0 Å². The summed E-state index contributed by atoms with van der Waals surface area (Å²) in [6.45, 7) is 5.90. The standard InChI is InChI=1S/C28H38O/c1-3-5-7-8-23-9-13-25(14-10-23)27-17-19-28(20-18-27)26-15-11-24(12-16-26)22-29-21-6-4-2/h3,5,11-12,15-20,23,25H,4,6-10,13-14,21-22H2,1-2H3/b5-3+. The van der Waals surface area contributed by atoms with E-state index in [4.69, 9.17) is 4.74 Å². The van der Waals surface area contributed by atoms with Crippen molar-refractivity contribution in [1.82, 2.24) is 0 Å². The fourth-order valence-electron chi connectivity index (χ4n) is 4.46. The van der Waals surface area contributed by atoms with Gasteiger partial charge in [-0.2, -0.15) is 0 Å². The SMILES string of the molecule is C/C=C/CCC1CCC(c2ccc(-c3ccc(COCCCC)cc3)cc2)CC1. The highest BCUT2D eigenvalue weighted by atomic mass is 16.5. The Morgan fingerprint density at radius 3 is 2.17 bits per heavy atom. The maximum Gasteiger partial charge on any atom is 0.0716 e. The van der Waals surface area contributed by atoms with E-state index in [1.807, 2.05) is 0 Å². The molecule has 1 saturated carbocycles. The summed E-state index contributed by atoms with van der Waals surface area (Å²) in [5.74, 6) is 1.69. The fourth-order valence-corrected chi connectivity index (χ4v) is 4.46. The molecule has 0 spiro atoms. The van der Waals surface area contributed by atoms with Crippen LogP contribution in [0.4, 0.5) is 0 Å². The smallest absolute Gasteiger partial charge is 0.0716 e. The van der Waals surface area contributed by atoms with Gasteiger partial charge in [-0.3, -0.25) is 0 Å². The first-order chi connectivity index (χ1) is 14.3. The highest BCUT2D eigenvalue weighted by Crippen LogP contribution is 2.38. The lowest BCUT2D eigenvalue weighted by Gasteiger charge is -2.28. The quantitative estimate of drug-likeness (QED) is 0.293. The van der Waals surface area contributed by atoms with Gasteiger partial charge >= 0.3 is 0 Å². The number of benzene rings is 2. The average Bonchev–Trinajstić information content (AvgIpc) is 2.78. The van der Waals surface area contributed by atoms with E-state index < -0.39 is 0 Å². The lowest BCUT2D eigenvalue weighted by Crippen LogP contribution is -2.13. The Balaban J connectivity index is 1.50. The second kappa shape index (κ2) is 12.0. The molecule has 0 heterocycles. The predicted octanol–water partition coefficient (Wildman–Crippen LogP) is 8.30. The summed E-state index contributed by atoms with van der Waals surface area (Å²) in [7, 11) is 0. The Morgan fingerprint density at radius 2 is 1.55 bits per heavy atom. The molecule has 1 heteroatoms. The van der Waals surface area contributed by atoms with Crippen LogP contribution in [-0.4, -0.2) is 6.61 Å². The van der Waals surface area contributed by atoms with Crippen LogP contribution in [0.15, 0.2) is 60.7 Å². The van der Waals surface area contributed by atoms with E-state index in [1.54, 1.807) is 0 Å². The van der Waals surface area contributed by atoms with Crippen molar-refractivity contribution in [3.63, 3.8) is 0 Å². The molecule has 0 amide bonds. The molecule has 0 aromatic heterocycles. The normalized spacial score (nSPS) is 19.7. The number of allylic oxidation sites excluding steroid dienone is 2. The molecule has 0 atom stereocenters. The van der Waals surface area contributed by atoms with Gasteiger partial charge in [-0.15, -0.1) is 0 Å². The third-order valence-corrected chi connectivity index (χ3v) is 6.40. The summed E-state index contributed by atoms with van der Waals surface area (Å²) in [4.78, 5) is 0. The van der Waals surface area contributed by atoms with Gasteiger partial charge < -0.3 is 4.74 Å². The van der Waals surface area contributed by atoms with E-state index in [0.29, 0.717) is 0 Å². The Labute approximate surface area is 178 Å². The second-order valence-electron chi connectivity index (χ2n) is 8.59. The number of rotatable bonds is 10. The van der Waals surface area contributed by atoms with E-state index in [1.165, 1.54) is 67.2 Å². The van der Waals surface area contributed by atoms with E-state index >= 15 is 0 Å². The zero-order chi connectivity index (χ0) is 20.3. The summed E-state index contributed by atoms with van der Waals surface area (Å²) in [6.07, 6.45) is 14.9. The van der Waals surface area contributed by atoms with Crippen molar-refractivity contribution in [3.05, 3.63) is 71.8 Å². The maximum absolute atomic E-state index is 5.72. The van der Waals surface area contributed by atoms with Gasteiger partial charge in [-0.05, 0) is 86.0 Å². The van der Waals surface area contributed by atoms with E-state index in [2.05, 4.69) is 74.5 Å². The molecular weight excluding hydrogens is 352 g/mol. The molecule has 1 aliphatic carbocycles. The van der Waals surface area contributed by atoms with Crippen molar-refractivity contribution in [2.75, 3.05) is 6.61 Å². The van der Waals surface area contributed by atoms with Gasteiger partial charge in [0.1, 0.15) is 0 Å². The molecule has 0 saturated heterocycles.